The molecule has 0 N–H and O–H groups in total. The Balaban J connectivity index is 1.41. The van der Waals surface area contributed by atoms with Gasteiger partial charge in [0, 0.05) is 18.0 Å². The quantitative estimate of drug-likeness (QED) is 0.703. The Hall–Kier alpha value is -2.01. The molecule has 0 unspecified atom stereocenters. The van der Waals surface area contributed by atoms with Gasteiger partial charge in [-0.2, -0.15) is 0 Å². The van der Waals surface area contributed by atoms with Crippen molar-refractivity contribution >= 4 is 15.9 Å². The van der Waals surface area contributed by atoms with Gasteiger partial charge in [-0.1, -0.05) is 23.8 Å². The molecule has 0 saturated heterocycles. The van der Waals surface area contributed by atoms with Crippen molar-refractivity contribution in [3.8, 4) is 11.4 Å². The molecule has 1 saturated carbocycles. The fourth-order valence-electron chi connectivity index (χ4n) is 4.47. The molecule has 2 aliphatic carbocycles. The lowest BCUT2D eigenvalue weighted by Gasteiger charge is -2.31. The molecule has 0 radical (unpaired) electrons. The van der Waals surface area contributed by atoms with Gasteiger partial charge in [-0.05, 0) is 88.0 Å². The first kappa shape index (κ1) is 20.3. The summed E-state index contributed by atoms with van der Waals surface area (Å²) in [6.45, 7) is 5.43. The minimum atomic E-state index is -3.04. The van der Waals surface area contributed by atoms with Crippen LogP contribution in [0.1, 0.15) is 57.6 Å². The van der Waals surface area contributed by atoms with E-state index in [9.17, 15) is 8.42 Å². The van der Waals surface area contributed by atoms with Gasteiger partial charge < -0.3 is 0 Å². The van der Waals surface area contributed by atoms with Crippen LogP contribution in [0.5, 0.6) is 0 Å². The second-order valence-corrected chi connectivity index (χ2v) is 12.3. The number of hydrogen-bond donors (Lipinski definition) is 0. The fourth-order valence-corrected chi connectivity index (χ4v) is 5.92. The van der Waals surface area contributed by atoms with Gasteiger partial charge in [-0.25, -0.2) is 18.4 Å². The van der Waals surface area contributed by atoms with Gasteiger partial charge in [0.05, 0.1) is 10.5 Å². The molecular weight excluding hydrogens is 380 g/mol. The van der Waals surface area contributed by atoms with E-state index in [1.54, 1.807) is 12.4 Å². The van der Waals surface area contributed by atoms with E-state index in [0.29, 0.717) is 17.6 Å². The van der Waals surface area contributed by atoms with Crippen molar-refractivity contribution in [2.45, 2.75) is 57.6 Å². The van der Waals surface area contributed by atoms with E-state index in [0.717, 1.165) is 43.5 Å². The van der Waals surface area contributed by atoms with Gasteiger partial charge in [0.2, 0.25) is 0 Å². The first-order valence-electron chi connectivity index (χ1n) is 10.6. The predicted molar refractivity (Wildman–Crippen MR) is 118 cm³/mol. The highest BCUT2D eigenvalue weighted by atomic mass is 32.2. The zero-order valence-corrected chi connectivity index (χ0v) is 18.4. The first-order chi connectivity index (χ1) is 13.7. The molecule has 1 heterocycles. The first-order valence-corrected chi connectivity index (χ1v) is 12.2. The molecule has 0 spiro atoms. The predicted octanol–water partition coefficient (Wildman–Crippen LogP) is 5.10. The van der Waals surface area contributed by atoms with Crippen LogP contribution in [0.2, 0.25) is 0 Å². The molecule has 2 aliphatic rings. The van der Waals surface area contributed by atoms with E-state index in [1.165, 1.54) is 16.7 Å². The van der Waals surface area contributed by atoms with Gasteiger partial charge in [0.1, 0.15) is 0 Å². The minimum Gasteiger partial charge on any atom is -0.237 e. The number of aromatic nitrogens is 2. The largest absolute Gasteiger partial charge is 0.237 e. The molecule has 154 valence electrons. The maximum atomic E-state index is 12.5. The molecule has 0 atom stereocenters. The Morgan fingerprint density at radius 3 is 2.38 bits per heavy atom. The van der Waals surface area contributed by atoms with E-state index >= 15 is 0 Å². The molecule has 29 heavy (non-hydrogen) atoms. The van der Waals surface area contributed by atoms with Crippen molar-refractivity contribution in [2.24, 2.45) is 11.8 Å². The van der Waals surface area contributed by atoms with Crippen molar-refractivity contribution in [1.29, 1.82) is 0 Å². The Morgan fingerprint density at radius 2 is 1.72 bits per heavy atom. The van der Waals surface area contributed by atoms with Crippen molar-refractivity contribution < 1.29 is 8.42 Å². The number of nitrogens with zero attached hydrogens (tertiary/aromatic N) is 2. The normalized spacial score (nSPS) is 22.2. The number of hydrogen-bond acceptors (Lipinski definition) is 4. The molecule has 0 amide bonds. The summed E-state index contributed by atoms with van der Waals surface area (Å²) < 4.78 is 24.4. The lowest BCUT2D eigenvalue weighted by atomic mass is 9.78. The molecule has 4 nitrogen and oxygen atoms in total. The van der Waals surface area contributed by atoms with Gasteiger partial charge in [-0.15, -0.1) is 0 Å². The topological polar surface area (TPSA) is 59.9 Å². The Morgan fingerprint density at radius 1 is 1.03 bits per heavy atom. The van der Waals surface area contributed by atoms with Crippen LogP contribution in [0.4, 0.5) is 0 Å². The molecule has 1 aromatic heterocycles. The van der Waals surface area contributed by atoms with E-state index in [1.807, 2.05) is 26.8 Å². The van der Waals surface area contributed by atoms with Gasteiger partial charge in [-0.3, -0.25) is 0 Å². The number of fused-ring (bicyclic) bond motifs is 1. The molecule has 0 bridgehead atoms. The standard InChI is InChI=1S/C24H30N2O2S/c1-24(2,3)29(27,28)16-17-5-7-18(8-6-17)21-13-19-9-10-20(14-22(19)15-21)23-25-11-4-12-26-23/h4,9-12,14-15,17-18H,5-8,13,16H2,1-3H3. The average molecular weight is 411 g/mol. The maximum absolute atomic E-state index is 12.5. The van der Waals surface area contributed by atoms with Crippen LogP contribution in [0.15, 0.2) is 42.2 Å². The van der Waals surface area contributed by atoms with Gasteiger partial charge in [0.25, 0.3) is 0 Å². The summed E-state index contributed by atoms with van der Waals surface area (Å²) in [4.78, 5) is 8.71. The van der Waals surface area contributed by atoms with Crippen LogP contribution >= 0.6 is 0 Å². The highest BCUT2D eigenvalue weighted by molar-refractivity contribution is 7.92. The molecule has 4 rings (SSSR count). The molecule has 1 fully saturated rings. The lowest BCUT2D eigenvalue weighted by Crippen LogP contribution is -2.34. The van der Waals surface area contributed by atoms with Crippen LogP contribution in [0.3, 0.4) is 0 Å². The number of sulfone groups is 1. The summed E-state index contributed by atoms with van der Waals surface area (Å²) in [5, 5.41) is 0. The summed E-state index contributed by atoms with van der Waals surface area (Å²) >= 11 is 0. The van der Waals surface area contributed by atoms with Crippen molar-refractivity contribution in [3.05, 3.63) is 53.4 Å². The molecular formula is C24H30N2O2S. The number of allylic oxidation sites excluding steroid dienone is 1. The molecule has 0 aliphatic heterocycles. The van der Waals surface area contributed by atoms with Crippen LogP contribution in [-0.2, 0) is 16.3 Å². The van der Waals surface area contributed by atoms with E-state index in [2.05, 4.69) is 34.2 Å². The monoisotopic (exact) mass is 410 g/mol. The zero-order valence-electron chi connectivity index (χ0n) is 17.6. The lowest BCUT2D eigenvalue weighted by molar-refractivity contribution is 0.319. The number of benzene rings is 1. The SMILES string of the molecule is CC(C)(C)S(=O)(=O)CC1CCC(C2=Cc3cc(-c4ncccn4)ccc3C2)CC1. The van der Waals surface area contributed by atoms with Crippen molar-refractivity contribution in [3.63, 3.8) is 0 Å². The van der Waals surface area contributed by atoms with Crippen molar-refractivity contribution in [1.82, 2.24) is 9.97 Å². The highest BCUT2D eigenvalue weighted by Gasteiger charge is 2.34. The van der Waals surface area contributed by atoms with Crippen LogP contribution in [0.25, 0.3) is 17.5 Å². The second kappa shape index (κ2) is 7.67. The summed E-state index contributed by atoms with van der Waals surface area (Å²) in [6.07, 6.45) is 11.1. The van der Waals surface area contributed by atoms with Crippen LogP contribution < -0.4 is 0 Å². The minimum absolute atomic E-state index is 0.307. The maximum Gasteiger partial charge on any atom is 0.159 e. The van der Waals surface area contributed by atoms with Crippen molar-refractivity contribution in [2.75, 3.05) is 5.75 Å². The zero-order chi connectivity index (χ0) is 20.6. The van der Waals surface area contributed by atoms with Crippen LogP contribution in [-0.4, -0.2) is 28.9 Å². The highest BCUT2D eigenvalue weighted by Crippen LogP contribution is 2.40. The fraction of sp³-hybridized carbons (Fsp3) is 0.500. The number of rotatable bonds is 4. The Labute approximate surface area is 174 Å². The van der Waals surface area contributed by atoms with Gasteiger partial charge >= 0.3 is 0 Å². The summed E-state index contributed by atoms with van der Waals surface area (Å²) in [6, 6.07) is 8.34. The van der Waals surface area contributed by atoms with E-state index < -0.39 is 14.6 Å². The third-order valence-corrected chi connectivity index (χ3v) is 9.24. The van der Waals surface area contributed by atoms with E-state index in [4.69, 9.17) is 0 Å². The van der Waals surface area contributed by atoms with Crippen LogP contribution in [0, 0.1) is 11.8 Å². The summed E-state index contributed by atoms with van der Waals surface area (Å²) in [7, 11) is -3.04. The Kier molecular flexibility index (Phi) is 5.36. The average Bonchev–Trinajstić information content (AvgIpc) is 3.11. The van der Waals surface area contributed by atoms with Gasteiger partial charge in [0.15, 0.2) is 15.7 Å². The summed E-state index contributed by atoms with van der Waals surface area (Å²) in [5.74, 6) is 1.98. The molecule has 2 aromatic rings. The third kappa shape index (κ3) is 4.30. The summed E-state index contributed by atoms with van der Waals surface area (Å²) in [5.41, 5.74) is 5.21. The Bertz CT molecular complexity index is 1010. The molecule has 5 heteroatoms. The smallest absolute Gasteiger partial charge is 0.159 e. The van der Waals surface area contributed by atoms with E-state index in [-0.39, 0.29) is 0 Å². The third-order valence-electron chi connectivity index (χ3n) is 6.46. The second-order valence-electron chi connectivity index (χ2n) is 9.49. The molecule has 1 aromatic carbocycles.